The van der Waals surface area contributed by atoms with E-state index in [9.17, 15) is 9.59 Å². The van der Waals surface area contributed by atoms with E-state index in [1.54, 1.807) is 0 Å². The first-order chi connectivity index (χ1) is 14.1. The zero-order chi connectivity index (χ0) is 20.4. The van der Waals surface area contributed by atoms with Crippen molar-refractivity contribution in [2.45, 2.75) is 39.3 Å². The predicted molar refractivity (Wildman–Crippen MR) is 107 cm³/mol. The molecule has 3 aromatic heterocycles. The molecular formula is C19H21N7O3. The fourth-order valence-electron chi connectivity index (χ4n) is 3.33. The molecule has 0 spiro atoms. The summed E-state index contributed by atoms with van der Waals surface area (Å²) in [5, 5.41) is 3.57. The summed E-state index contributed by atoms with van der Waals surface area (Å²) in [4.78, 5) is 37.3. The van der Waals surface area contributed by atoms with E-state index in [0.29, 0.717) is 54.5 Å². The van der Waals surface area contributed by atoms with Crippen LogP contribution in [-0.4, -0.2) is 29.2 Å². The van der Waals surface area contributed by atoms with Gasteiger partial charge in [0.25, 0.3) is 5.56 Å². The Bertz CT molecular complexity index is 1250. The number of aromatic nitrogens is 6. The highest BCUT2D eigenvalue weighted by molar-refractivity contribution is 5.70. The second-order valence-corrected chi connectivity index (χ2v) is 6.78. The molecule has 29 heavy (non-hydrogen) atoms. The molecule has 0 radical (unpaired) electrons. The van der Waals surface area contributed by atoms with Gasteiger partial charge >= 0.3 is 5.69 Å². The summed E-state index contributed by atoms with van der Waals surface area (Å²) < 4.78 is 7.79. The van der Waals surface area contributed by atoms with Gasteiger partial charge in [0.2, 0.25) is 5.89 Å². The molecule has 0 bridgehead atoms. The number of nitrogens with one attached hydrogen (secondary N) is 1. The summed E-state index contributed by atoms with van der Waals surface area (Å²) in [5.74, 6) is 0.847. The van der Waals surface area contributed by atoms with E-state index in [1.807, 2.05) is 31.2 Å². The Labute approximate surface area is 165 Å². The number of hydrogen-bond donors (Lipinski definition) is 2. The molecular weight excluding hydrogens is 374 g/mol. The number of anilines is 1. The Kier molecular flexibility index (Phi) is 4.98. The smallest absolute Gasteiger partial charge is 0.332 e. The van der Waals surface area contributed by atoms with Crippen molar-refractivity contribution >= 4 is 16.9 Å². The number of aryl methyl sites for hydroxylation is 2. The van der Waals surface area contributed by atoms with Gasteiger partial charge in [-0.1, -0.05) is 24.2 Å². The maximum absolute atomic E-state index is 13.0. The zero-order valence-corrected chi connectivity index (χ0v) is 16.0. The van der Waals surface area contributed by atoms with E-state index >= 15 is 0 Å². The van der Waals surface area contributed by atoms with Gasteiger partial charge in [0.05, 0.1) is 6.42 Å². The molecule has 4 rings (SSSR count). The molecule has 0 fully saturated rings. The number of hydrogen-bond acceptors (Lipinski definition) is 7. The van der Waals surface area contributed by atoms with Crippen LogP contribution in [0.1, 0.15) is 30.6 Å². The van der Waals surface area contributed by atoms with Gasteiger partial charge in [0, 0.05) is 18.8 Å². The molecule has 10 nitrogen and oxygen atoms in total. The average Bonchev–Trinajstić information content (AvgIpc) is 3.35. The molecule has 0 amide bonds. The first-order valence-electron chi connectivity index (χ1n) is 9.39. The minimum absolute atomic E-state index is 0.241. The zero-order valence-electron chi connectivity index (χ0n) is 16.0. The van der Waals surface area contributed by atoms with Crippen molar-refractivity contribution < 1.29 is 4.52 Å². The minimum Gasteiger partial charge on any atom is -0.399 e. The number of benzene rings is 1. The van der Waals surface area contributed by atoms with Crippen molar-refractivity contribution in [3.8, 4) is 0 Å². The Morgan fingerprint density at radius 3 is 2.79 bits per heavy atom. The van der Waals surface area contributed by atoms with Crippen LogP contribution in [0.5, 0.6) is 0 Å². The van der Waals surface area contributed by atoms with Crippen LogP contribution >= 0.6 is 0 Å². The summed E-state index contributed by atoms with van der Waals surface area (Å²) in [6.07, 6.45) is 2.79. The number of rotatable bonds is 7. The maximum atomic E-state index is 13.0. The minimum atomic E-state index is -0.378. The third-order valence-electron chi connectivity index (χ3n) is 4.66. The largest absolute Gasteiger partial charge is 0.399 e. The first-order valence-corrected chi connectivity index (χ1v) is 9.39. The standard InChI is InChI=1S/C19H21N7O3/c1-2-7-26-18(27)16-17(24-14(23-16)10-15-21-11-22-29-15)25(19(26)28)8-6-12-4-3-5-13(20)9-12/h3-5,9,11H,2,6-8,10,20H2,1H3,(H,23,24). The third kappa shape index (κ3) is 3.68. The molecule has 0 saturated heterocycles. The summed E-state index contributed by atoms with van der Waals surface area (Å²) >= 11 is 0. The normalized spacial score (nSPS) is 11.3. The number of nitrogens with zero attached hydrogens (tertiary/aromatic N) is 5. The Balaban J connectivity index is 1.78. The van der Waals surface area contributed by atoms with Crippen molar-refractivity contribution in [3.05, 3.63) is 68.7 Å². The Morgan fingerprint density at radius 1 is 1.21 bits per heavy atom. The number of fused-ring (bicyclic) bond motifs is 1. The molecule has 0 aliphatic rings. The van der Waals surface area contributed by atoms with Gasteiger partial charge in [-0.3, -0.25) is 13.9 Å². The molecule has 0 atom stereocenters. The number of imidazole rings is 1. The lowest BCUT2D eigenvalue weighted by molar-refractivity contribution is 0.382. The van der Waals surface area contributed by atoms with Gasteiger partial charge in [-0.15, -0.1) is 0 Å². The fourth-order valence-corrected chi connectivity index (χ4v) is 3.33. The van der Waals surface area contributed by atoms with Gasteiger partial charge in [-0.05, 0) is 30.5 Å². The van der Waals surface area contributed by atoms with Gasteiger partial charge < -0.3 is 15.2 Å². The number of H-pyrrole nitrogens is 1. The van der Waals surface area contributed by atoms with E-state index in [-0.39, 0.29) is 17.7 Å². The molecule has 0 aliphatic carbocycles. The van der Waals surface area contributed by atoms with Crippen molar-refractivity contribution in [1.82, 2.24) is 29.2 Å². The highest BCUT2D eigenvalue weighted by Gasteiger charge is 2.18. The van der Waals surface area contributed by atoms with Gasteiger partial charge in [-0.25, -0.2) is 9.78 Å². The number of nitrogens with two attached hydrogens (primary N) is 1. The summed E-state index contributed by atoms with van der Waals surface area (Å²) in [5.41, 5.74) is 7.38. The molecule has 0 unspecified atom stereocenters. The first kappa shape index (κ1) is 18.7. The van der Waals surface area contributed by atoms with Crippen LogP contribution in [0.15, 0.2) is 44.7 Å². The van der Waals surface area contributed by atoms with E-state index in [4.69, 9.17) is 10.3 Å². The van der Waals surface area contributed by atoms with Crippen LogP contribution in [0.4, 0.5) is 5.69 Å². The van der Waals surface area contributed by atoms with E-state index in [2.05, 4.69) is 20.1 Å². The van der Waals surface area contributed by atoms with Gasteiger partial charge in [0.1, 0.15) is 11.3 Å². The van der Waals surface area contributed by atoms with Crippen molar-refractivity contribution in [2.75, 3.05) is 5.73 Å². The Morgan fingerprint density at radius 2 is 2.07 bits per heavy atom. The lowest BCUT2D eigenvalue weighted by atomic mass is 10.1. The third-order valence-corrected chi connectivity index (χ3v) is 4.66. The topological polar surface area (TPSA) is 138 Å². The molecule has 1 aromatic carbocycles. The second kappa shape index (κ2) is 7.74. The predicted octanol–water partition coefficient (Wildman–Crippen LogP) is 1.09. The van der Waals surface area contributed by atoms with Crippen LogP contribution < -0.4 is 17.0 Å². The molecule has 0 saturated carbocycles. The molecule has 3 N–H and O–H groups in total. The summed E-state index contributed by atoms with van der Waals surface area (Å²) in [6, 6.07) is 7.51. The SMILES string of the molecule is CCCn1c(=O)c2[nH]c(Cc3ncno3)nc2n(CCc2cccc(N)c2)c1=O. The molecule has 150 valence electrons. The highest BCUT2D eigenvalue weighted by Crippen LogP contribution is 2.12. The second-order valence-electron chi connectivity index (χ2n) is 6.78. The molecule has 4 aromatic rings. The van der Waals surface area contributed by atoms with Crippen LogP contribution in [0.3, 0.4) is 0 Å². The van der Waals surface area contributed by atoms with Crippen LogP contribution in [0.25, 0.3) is 11.2 Å². The number of nitrogen functional groups attached to an aromatic ring is 1. The van der Waals surface area contributed by atoms with Crippen molar-refractivity contribution in [2.24, 2.45) is 0 Å². The van der Waals surface area contributed by atoms with Gasteiger partial charge in [0.15, 0.2) is 12.0 Å². The van der Waals surface area contributed by atoms with Crippen molar-refractivity contribution in [3.63, 3.8) is 0 Å². The maximum Gasteiger partial charge on any atom is 0.332 e. The van der Waals surface area contributed by atoms with Crippen LogP contribution in [0, 0.1) is 0 Å². The summed E-state index contributed by atoms with van der Waals surface area (Å²) in [6.45, 7) is 2.62. The van der Waals surface area contributed by atoms with Crippen LogP contribution in [0.2, 0.25) is 0 Å². The van der Waals surface area contributed by atoms with Crippen molar-refractivity contribution in [1.29, 1.82) is 0 Å². The molecule has 3 heterocycles. The lowest BCUT2D eigenvalue weighted by Crippen LogP contribution is -2.40. The molecule has 0 aliphatic heterocycles. The highest BCUT2D eigenvalue weighted by atomic mass is 16.5. The molecule has 10 heteroatoms. The number of aromatic amines is 1. The van der Waals surface area contributed by atoms with E-state index in [0.717, 1.165) is 5.56 Å². The summed E-state index contributed by atoms with van der Waals surface area (Å²) in [7, 11) is 0. The van der Waals surface area contributed by atoms with Gasteiger partial charge in [-0.2, -0.15) is 4.98 Å². The van der Waals surface area contributed by atoms with E-state index < -0.39 is 0 Å². The van der Waals surface area contributed by atoms with E-state index in [1.165, 1.54) is 15.5 Å². The lowest BCUT2D eigenvalue weighted by Gasteiger charge is -2.11. The monoisotopic (exact) mass is 395 g/mol. The average molecular weight is 395 g/mol. The van der Waals surface area contributed by atoms with Crippen LogP contribution in [-0.2, 0) is 25.9 Å². The Hall–Kier alpha value is -3.69. The quantitative estimate of drug-likeness (QED) is 0.447. The fraction of sp³-hybridized carbons (Fsp3) is 0.316.